The van der Waals surface area contributed by atoms with Crippen LogP contribution >= 0.6 is 0 Å². The molecule has 2 unspecified atom stereocenters. The number of fused-ring (bicyclic) bond motifs is 1. The van der Waals surface area contributed by atoms with E-state index >= 15 is 0 Å². The van der Waals surface area contributed by atoms with Gasteiger partial charge in [0.25, 0.3) is 0 Å². The van der Waals surface area contributed by atoms with Gasteiger partial charge in [-0.1, -0.05) is 39.0 Å². The Morgan fingerprint density at radius 2 is 2.04 bits per heavy atom. The predicted octanol–water partition coefficient (Wildman–Crippen LogP) is 2.05. The molecule has 1 heterocycles. The van der Waals surface area contributed by atoms with Crippen molar-refractivity contribution >= 4 is 17.5 Å². The second kappa shape index (κ2) is 7.59. The second-order valence-electron chi connectivity index (χ2n) is 6.70. The summed E-state index contributed by atoms with van der Waals surface area (Å²) in [6.07, 6.45) is 0.810. The van der Waals surface area contributed by atoms with Crippen LogP contribution in [0.1, 0.15) is 45.1 Å². The van der Waals surface area contributed by atoms with E-state index in [2.05, 4.69) is 12.2 Å². The van der Waals surface area contributed by atoms with Crippen molar-refractivity contribution in [2.45, 2.75) is 45.6 Å². The number of nitrogens with one attached hydrogen (secondary N) is 1. The van der Waals surface area contributed by atoms with Gasteiger partial charge in [0.2, 0.25) is 0 Å². The molecule has 5 heteroatoms. The molecule has 23 heavy (non-hydrogen) atoms. The number of nitrogens with zero attached hydrogens (tertiary/aromatic N) is 1. The molecule has 1 aliphatic rings. The van der Waals surface area contributed by atoms with Crippen molar-refractivity contribution in [2.75, 3.05) is 18.0 Å². The lowest BCUT2D eigenvalue weighted by atomic mass is 9.91. The lowest BCUT2D eigenvalue weighted by Crippen LogP contribution is -2.47. The Balaban J connectivity index is 2.00. The number of amides is 2. The van der Waals surface area contributed by atoms with Crippen LogP contribution in [0.5, 0.6) is 0 Å². The number of hydrogen-bond acceptors (Lipinski definition) is 3. The van der Waals surface area contributed by atoms with Crippen molar-refractivity contribution in [1.82, 2.24) is 5.32 Å². The minimum Gasteiger partial charge on any atom is -0.391 e. The van der Waals surface area contributed by atoms with Gasteiger partial charge in [-0.05, 0) is 36.3 Å². The predicted molar refractivity (Wildman–Crippen MR) is 90.3 cm³/mol. The van der Waals surface area contributed by atoms with E-state index in [1.54, 1.807) is 4.90 Å². The number of carbonyl (C=O) groups is 2. The molecule has 2 N–H and O–H groups in total. The molecule has 0 spiro atoms. The summed E-state index contributed by atoms with van der Waals surface area (Å²) < 4.78 is 0. The third kappa shape index (κ3) is 4.32. The van der Waals surface area contributed by atoms with Crippen LogP contribution in [-0.2, 0) is 9.59 Å². The van der Waals surface area contributed by atoms with Gasteiger partial charge in [0.1, 0.15) is 0 Å². The van der Waals surface area contributed by atoms with E-state index in [1.165, 1.54) is 0 Å². The van der Waals surface area contributed by atoms with Crippen LogP contribution < -0.4 is 10.2 Å². The molecule has 0 aromatic heterocycles. The number of hydrogen-bond donors (Lipinski definition) is 2. The fraction of sp³-hybridized carbons (Fsp3) is 0.556. The Bertz CT molecular complexity index is 571. The van der Waals surface area contributed by atoms with Crippen molar-refractivity contribution in [3.05, 3.63) is 29.8 Å². The van der Waals surface area contributed by atoms with E-state index in [4.69, 9.17) is 0 Å². The zero-order valence-electron chi connectivity index (χ0n) is 14.1. The highest BCUT2D eigenvalue weighted by Gasteiger charge is 2.29. The first-order valence-electron chi connectivity index (χ1n) is 8.26. The summed E-state index contributed by atoms with van der Waals surface area (Å²) >= 11 is 0. The van der Waals surface area contributed by atoms with Crippen LogP contribution in [0.2, 0.25) is 0 Å². The molecule has 2 rings (SSSR count). The molecule has 0 fully saturated rings. The molecule has 126 valence electrons. The van der Waals surface area contributed by atoms with E-state index in [1.807, 2.05) is 38.1 Å². The molecule has 5 nitrogen and oxygen atoms in total. The molecule has 0 saturated heterocycles. The fourth-order valence-electron chi connectivity index (χ4n) is 3.00. The molecule has 0 saturated carbocycles. The number of aliphatic hydroxyl groups is 1. The van der Waals surface area contributed by atoms with E-state index in [9.17, 15) is 14.7 Å². The Kier molecular flexibility index (Phi) is 5.77. The van der Waals surface area contributed by atoms with Gasteiger partial charge in [-0.15, -0.1) is 0 Å². The quantitative estimate of drug-likeness (QED) is 0.835. The normalized spacial score (nSPS) is 18.5. The maximum absolute atomic E-state index is 12.4. The first kappa shape index (κ1) is 17.5. The molecule has 0 bridgehead atoms. The minimum absolute atomic E-state index is 0.106. The zero-order chi connectivity index (χ0) is 17.0. The number of rotatable bonds is 4. The van der Waals surface area contributed by atoms with Gasteiger partial charge in [-0.2, -0.15) is 0 Å². The average molecular weight is 318 g/mol. The van der Waals surface area contributed by atoms with Crippen molar-refractivity contribution in [1.29, 1.82) is 0 Å². The van der Waals surface area contributed by atoms with Crippen LogP contribution in [0.15, 0.2) is 24.3 Å². The molecule has 1 aromatic carbocycles. The molecule has 1 aliphatic heterocycles. The van der Waals surface area contributed by atoms with Gasteiger partial charge >= 0.3 is 11.8 Å². The summed E-state index contributed by atoms with van der Waals surface area (Å²) in [7, 11) is 0. The number of anilines is 1. The maximum Gasteiger partial charge on any atom is 0.316 e. The third-order valence-electron chi connectivity index (χ3n) is 4.23. The molecule has 0 aliphatic carbocycles. The monoisotopic (exact) mass is 318 g/mol. The molecule has 0 radical (unpaired) electrons. The van der Waals surface area contributed by atoms with E-state index in [0.29, 0.717) is 24.8 Å². The third-order valence-corrected chi connectivity index (χ3v) is 4.23. The lowest BCUT2D eigenvalue weighted by molar-refractivity contribution is -0.137. The summed E-state index contributed by atoms with van der Waals surface area (Å²) in [5, 5.41) is 12.4. The highest BCUT2D eigenvalue weighted by Crippen LogP contribution is 2.34. The van der Waals surface area contributed by atoms with Crippen LogP contribution in [-0.4, -0.2) is 36.1 Å². The zero-order valence-corrected chi connectivity index (χ0v) is 14.1. The first-order valence-corrected chi connectivity index (χ1v) is 8.26. The Hall–Kier alpha value is -1.88. The van der Waals surface area contributed by atoms with Gasteiger partial charge in [0, 0.05) is 18.8 Å². The summed E-state index contributed by atoms with van der Waals surface area (Å²) in [5.41, 5.74) is 1.91. The first-order chi connectivity index (χ1) is 10.9. The lowest BCUT2D eigenvalue weighted by Gasteiger charge is -2.32. The number of aliphatic hydroxyl groups excluding tert-OH is 1. The smallest absolute Gasteiger partial charge is 0.316 e. The molecular weight excluding hydrogens is 292 g/mol. The molecule has 1 aromatic rings. The Labute approximate surface area is 137 Å². The number of para-hydroxylation sites is 1. The Morgan fingerprint density at radius 1 is 1.35 bits per heavy atom. The number of benzene rings is 1. The Morgan fingerprint density at radius 3 is 2.74 bits per heavy atom. The van der Waals surface area contributed by atoms with Gasteiger partial charge in [-0.25, -0.2) is 0 Å². The highest BCUT2D eigenvalue weighted by molar-refractivity contribution is 6.40. The van der Waals surface area contributed by atoms with Crippen molar-refractivity contribution in [3.8, 4) is 0 Å². The van der Waals surface area contributed by atoms with Crippen molar-refractivity contribution < 1.29 is 14.7 Å². The summed E-state index contributed by atoms with van der Waals surface area (Å²) in [6, 6.07) is 7.71. The van der Waals surface area contributed by atoms with Gasteiger partial charge < -0.3 is 15.3 Å². The summed E-state index contributed by atoms with van der Waals surface area (Å²) in [4.78, 5) is 26.1. The van der Waals surface area contributed by atoms with Crippen LogP contribution in [0.4, 0.5) is 5.69 Å². The molecular formula is C18H26N2O3. The van der Waals surface area contributed by atoms with E-state index in [0.717, 1.165) is 17.7 Å². The largest absolute Gasteiger partial charge is 0.391 e. The molecule has 2 atom stereocenters. The maximum atomic E-state index is 12.4. The average Bonchev–Trinajstić information content (AvgIpc) is 2.52. The molecule has 2 amide bonds. The second-order valence-corrected chi connectivity index (χ2v) is 6.70. The van der Waals surface area contributed by atoms with Crippen LogP contribution in [0.25, 0.3) is 0 Å². The topological polar surface area (TPSA) is 69.6 Å². The standard InChI is InChI=1S/C18H26N2O3/c1-12(2)10-14(21)11-19-17(22)18(23)20-9-8-13(3)15-6-4-5-7-16(15)20/h4-7,12-14,21H,8-11H2,1-3H3,(H,19,22). The fourth-order valence-corrected chi connectivity index (χ4v) is 3.00. The number of carbonyl (C=O) groups excluding carboxylic acids is 2. The van der Waals surface area contributed by atoms with Crippen LogP contribution in [0.3, 0.4) is 0 Å². The van der Waals surface area contributed by atoms with Crippen LogP contribution in [0, 0.1) is 5.92 Å². The van der Waals surface area contributed by atoms with E-state index in [-0.39, 0.29) is 6.54 Å². The highest BCUT2D eigenvalue weighted by atomic mass is 16.3. The van der Waals surface area contributed by atoms with Gasteiger partial charge in [0.15, 0.2) is 0 Å². The van der Waals surface area contributed by atoms with Gasteiger partial charge in [-0.3, -0.25) is 9.59 Å². The minimum atomic E-state index is -0.655. The van der Waals surface area contributed by atoms with Crippen molar-refractivity contribution in [3.63, 3.8) is 0 Å². The SMILES string of the molecule is CC(C)CC(O)CNC(=O)C(=O)N1CCC(C)c2ccccc21. The summed E-state index contributed by atoms with van der Waals surface area (Å²) in [5.74, 6) is -0.488. The van der Waals surface area contributed by atoms with E-state index < -0.39 is 17.9 Å². The van der Waals surface area contributed by atoms with Gasteiger partial charge in [0.05, 0.1) is 6.10 Å². The van der Waals surface area contributed by atoms with Crippen molar-refractivity contribution in [2.24, 2.45) is 5.92 Å². The summed E-state index contributed by atoms with van der Waals surface area (Å²) in [6.45, 7) is 6.78.